The average molecular weight is 222 g/mol. The van der Waals surface area contributed by atoms with Crippen LogP contribution in [0.5, 0.6) is 0 Å². The van der Waals surface area contributed by atoms with E-state index in [9.17, 15) is 9.00 Å². The van der Waals surface area contributed by atoms with Gasteiger partial charge in [-0.25, -0.2) is 4.79 Å². The largest absolute Gasteiger partial charge is 0.464 e. The van der Waals surface area contributed by atoms with Gasteiger partial charge in [-0.3, -0.25) is 4.21 Å². The Morgan fingerprint density at radius 1 is 1.69 bits per heavy atom. The summed E-state index contributed by atoms with van der Waals surface area (Å²) in [6.45, 7) is 3.83. The topological polar surface area (TPSA) is 43.4 Å². The SMILES string of the molecule is CCOC(=O)C1(C)SCCCS1=O. The van der Waals surface area contributed by atoms with Crippen LogP contribution in [0.15, 0.2) is 0 Å². The van der Waals surface area contributed by atoms with Crippen LogP contribution in [0.25, 0.3) is 0 Å². The van der Waals surface area contributed by atoms with Crippen molar-refractivity contribution in [2.75, 3.05) is 18.1 Å². The molecule has 0 saturated carbocycles. The predicted molar refractivity (Wildman–Crippen MR) is 55.1 cm³/mol. The van der Waals surface area contributed by atoms with Crippen LogP contribution >= 0.6 is 11.8 Å². The van der Waals surface area contributed by atoms with Crippen molar-refractivity contribution < 1.29 is 13.7 Å². The van der Waals surface area contributed by atoms with E-state index in [4.69, 9.17) is 4.74 Å². The fraction of sp³-hybridized carbons (Fsp3) is 0.875. The molecule has 1 saturated heterocycles. The molecule has 2 unspecified atom stereocenters. The van der Waals surface area contributed by atoms with E-state index < -0.39 is 14.9 Å². The first-order valence-corrected chi connectivity index (χ1v) is 6.61. The van der Waals surface area contributed by atoms with E-state index in [2.05, 4.69) is 0 Å². The molecule has 0 aliphatic carbocycles. The van der Waals surface area contributed by atoms with Gasteiger partial charge in [0.15, 0.2) is 4.08 Å². The van der Waals surface area contributed by atoms with E-state index in [1.54, 1.807) is 13.8 Å². The minimum Gasteiger partial charge on any atom is -0.464 e. The van der Waals surface area contributed by atoms with Crippen LogP contribution in [0.3, 0.4) is 0 Å². The Labute approximate surface area is 85.1 Å². The highest BCUT2D eigenvalue weighted by atomic mass is 32.2. The van der Waals surface area contributed by atoms with E-state index in [1.807, 2.05) is 0 Å². The van der Waals surface area contributed by atoms with Gasteiger partial charge in [-0.1, -0.05) is 0 Å². The van der Waals surface area contributed by atoms with Gasteiger partial charge in [0.1, 0.15) is 0 Å². The van der Waals surface area contributed by atoms with Crippen LogP contribution in [-0.4, -0.2) is 32.4 Å². The fourth-order valence-electron chi connectivity index (χ4n) is 1.13. The van der Waals surface area contributed by atoms with Gasteiger partial charge in [-0.15, -0.1) is 11.8 Å². The number of ether oxygens (including phenoxy) is 1. The molecule has 0 amide bonds. The molecule has 76 valence electrons. The van der Waals surface area contributed by atoms with E-state index in [-0.39, 0.29) is 5.97 Å². The van der Waals surface area contributed by atoms with E-state index in [0.717, 1.165) is 12.2 Å². The molecule has 0 aromatic heterocycles. The van der Waals surface area contributed by atoms with Crippen LogP contribution < -0.4 is 0 Å². The molecule has 3 nitrogen and oxygen atoms in total. The Bertz CT molecular complexity index is 229. The summed E-state index contributed by atoms with van der Waals surface area (Å²) in [5.41, 5.74) is 0. The summed E-state index contributed by atoms with van der Waals surface area (Å²) in [4.78, 5) is 11.5. The average Bonchev–Trinajstić information content (AvgIpc) is 2.11. The van der Waals surface area contributed by atoms with Crippen LogP contribution in [0, 0.1) is 0 Å². The monoisotopic (exact) mass is 222 g/mol. The lowest BCUT2D eigenvalue weighted by Crippen LogP contribution is -2.42. The molecule has 0 radical (unpaired) electrons. The summed E-state index contributed by atoms with van der Waals surface area (Å²) in [7, 11) is -1.09. The molecule has 0 spiro atoms. The molecule has 0 aromatic rings. The molecular weight excluding hydrogens is 208 g/mol. The normalized spacial score (nSPS) is 34.2. The molecule has 1 rings (SSSR count). The summed E-state index contributed by atoms with van der Waals surface area (Å²) in [6, 6.07) is 0. The second-order valence-corrected chi connectivity index (χ2v) is 6.61. The highest BCUT2D eigenvalue weighted by Crippen LogP contribution is 2.35. The predicted octanol–water partition coefficient (Wildman–Crippen LogP) is 1.15. The van der Waals surface area contributed by atoms with Gasteiger partial charge in [0.25, 0.3) is 0 Å². The maximum absolute atomic E-state index is 11.6. The maximum Gasteiger partial charge on any atom is 0.334 e. The van der Waals surface area contributed by atoms with Crippen molar-refractivity contribution in [2.45, 2.75) is 24.3 Å². The minimum atomic E-state index is -1.09. The Balaban J connectivity index is 2.71. The zero-order chi connectivity index (χ0) is 9.90. The molecule has 1 heterocycles. The maximum atomic E-state index is 11.6. The highest BCUT2D eigenvalue weighted by molar-refractivity contribution is 8.14. The third kappa shape index (κ3) is 2.26. The second kappa shape index (κ2) is 4.46. The first-order chi connectivity index (χ1) is 6.11. The summed E-state index contributed by atoms with van der Waals surface area (Å²) < 4.78 is 15.7. The van der Waals surface area contributed by atoms with Crippen molar-refractivity contribution in [3.63, 3.8) is 0 Å². The smallest absolute Gasteiger partial charge is 0.334 e. The van der Waals surface area contributed by atoms with Crippen molar-refractivity contribution >= 4 is 28.5 Å². The van der Waals surface area contributed by atoms with Gasteiger partial charge in [-0.05, 0) is 26.0 Å². The molecule has 0 N–H and O–H groups in total. The Morgan fingerprint density at radius 2 is 2.38 bits per heavy atom. The first-order valence-electron chi connectivity index (χ1n) is 4.31. The molecule has 1 fully saturated rings. The number of esters is 1. The molecule has 1 aliphatic rings. The summed E-state index contributed by atoms with van der Waals surface area (Å²) >= 11 is 1.45. The number of thioether (sulfide) groups is 1. The van der Waals surface area contributed by atoms with Crippen molar-refractivity contribution in [1.82, 2.24) is 0 Å². The molecule has 2 atom stereocenters. The Morgan fingerprint density at radius 3 is 2.92 bits per heavy atom. The van der Waals surface area contributed by atoms with Crippen molar-refractivity contribution in [2.24, 2.45) is 0 Å². The molecule has 5 heteroatoms. The number of carbonyl (C=O) groups excluding carboxylic acids is 1. The zero-order valence-electron chi connectivity index (χ0n) is 7.87. The van der Waals surface area contributed by atoms with E-state index in [1.165, 1.54) is 11.8 Å². The van der Waals surface area contributed by atoms with Crippen molar-refractivity contribution in [3.8, 4) is 0 Å². The lowest BCUT2D eigenvalue weighted by molar-refractivity contribution is -0.143. The fourth-order valence-corrected chi connectivity index (χ4v) is 4.24. The molecular formula is C8H14O3S2. The number of hydrogen-bond acceptors (Lipinski definition) is 4. The van der Waals surface area contributed by atoms with Gasteiger partial charge in [0, 0.05) is 16.6 Å². The lowest BCUT2D eigenvalue weighted by atomic mass is 10.5. The Kier molecular flexibility index (Phi) is 3.79. The van der Waals surface area contributed by atoms with Gasteiger partial charge in [0.05, 0.1) is 6.61 Å². The molecule has 1 aliphatic heterocycles. The van der Waals surface area contributed by atoms with Crippen LogP contribution in [0.4, 0.5) is 0 Å². The summed E-state index contributed by atoms with van der Waals surface area (Å²) in [6.07, 6.45) is 0.923. The number of carbonyl (C=O) groups is 1. The number of hydrogen-bond donors (Lipinski definition) is 0. The first kappa shape index (κ1) is 11.0. The molecule has 0 bridgehead atoms. The van der Waals surface area contributed by atoms with Gasteiger partial charge < -0.3 is 4.74 Å². The highest BCUT2D eigenvalue weighted by Gasteiger charge is 2.43. The standard InChI is InChI=1S/C8H14O3S2/c1-3-11-7(9)8(2)12-5-4-6-13(8)10/h3-6H2,1-2H3. The second-order valence-electron chi connectivity index (χ2n) is 2.92. The van der Waals surface area contributed by atoms with Crippen LogP contribution in [0.2, 0.25) is 0 Å². The van der Waals surface area contributed by atoms with Gasteiger partial charge >= 0.3 is 5.97 Å². The third-order valence-electron chi connectivity index (χ3n) is 1.93. The van der Waals surface area contributed by atoms with Crippen molar-refractivity contribution in [1.29, 1.82) is 0 Å². The van der Waals surface area contributed by atoms with Crippen molar-refractivity contribution in [3.05, 3.63) is 0 Å². The summed E-state index contributed by atoms with van der Waals surface area (Å²) in [5.74, 6) is 1.17. The Hall–Kier alpha value is -0.0300. The number of rotatable bonds is 2. The van der Waals surface area contributed by atoms with E-state index >= 15 is 0 Å². The zero-order valence-corrected chi connectivity index (χ0v) is 9.50. The summed E-state index contributed by atoms with van der Waals surface area (Å²) in [5, 5.41) is 0. The van der Waals surface area contributed by atoms with Gasteiger partial charge in [-0.2, -0.15) is 0 Å². The van der Waals surface area contributed by atoms with E-state index in [0.29, 0.717) is 12.4 Å². The molecule has 0 aromatic carbocycles. The quantitative estimate of drug-likeness (QED) is 0.657. The van der Waals surface area contributed by atoms with Gasteiger partial charge in [0.2, 0.25) is 0 Å². The molecule has 13 heavy (non-hydrogen) atoms. The van der Waals surface area contributed by atoms with Crippen LogP contribution in [0.1, 0.15) is 20.3 Å². The van der Waals surface area contributed by atoms with Crippen LogP contribution in [-0.2, 0) is 20.3 Å². The third-order valence-corrected chi connectivity index (χ3v) is 5.75. The minimum absolute atomic E-state index is 0.335. The lowest BCUT2D eigenvalue weighted by Gasteiger charge is -2.29.